The third-order valence-electron chi connectivity index (χ3n) is 2.00. The first-order valence-electron chi connectivity index (χ1n) is 3.54. The molecule has 62 valence electrons. The summed E-state index contributed by atoms with van der Waals surface area (Å²) in [5.41, 5.74) is -0.0438. The van der Waals surface area contributed by atoms with Gasteiger partial charge in [0.2, 0.25) is 0 Å². The largest absolute Gasteiger partial charge is 0.289 e. The molecule has 0 N–H and O–H groups in total. The third kappa shape index (κ3) is 1.82. The van der Waals surface area contributed by atoms with Crippen LogP contribution in [0.25, 0.3) is 0 Å². The average molecular weight is 172 g/mol. The van der Waals surface area contributed by atoms with Gasteiger partial charge in [-0.1, -0.05) is 13.8 Å². The van der Waals surface area contributed by atoms with E-state index in [2.05, 4.69) is 5.92 Å². The molecule has 1 aliphatic rings. The molecule has 1 heterocycles. The van der Waals surface area contributed by atoms with Crippen LogP contribution in [-0.4, -0.2) is 16.6 Å². The van der Waals surface area contributed by atoms with Crippen molar-refractivity contribution in [1.82, 2.24) is 0 Å². The van der Waals surface area contributed by atoms with E-state index < -0.39 is 11.1 Å². The Kier molecular flexibility index (Phi) is 2.36. The van der Waals surface area contributed by atoms with Crippen LogP contribution in [0.5, 0.6) is 0 Å². The highest BCUT2D eigenvalue weighted by molar-refractivity contribution is 7.80. The number of terminal acetylenes is 1. The summed E-state index contributed by atoms with van der Waals surface area (Å²) in [4.78, 5) is 0. The Morgan fingerprint density at radius 1 is 1.73 bits per heavy atom. The fourth-order valence-electron chi connectivity index (χ4n) is 1.09. The van der Waals surface area contributed by atoms with E-state index in [0.29, 0.717) is 12.4 Å². The lowest BCUT2D eigenvalue weighted by Crippen LogP contribution is -2.37. The van der Waals surface area contributed by atoms with Crippen molar-refractivity contribution >= 4 is 11.1 Å². The van der Waals surface area contributed by atoms with Crippen LogP contribution in [0.15, 0.2) is 0 Å². The molecule has 3 heteroatoms. The summed E-state index contributed by atoms with van der Waals surface area (Å²) in [6.45, 7) is 4.48. The van der Waals surface area contributed by atoms with Crippen LogP contribution in [0.4, 0.5) is 0 Å². The Hall–Kier alpha value is -0.330. The maximum Gasteiger partial charge on any atom is 0.156 e. The number of hydrogen-bond acceptors (Lipinski definition) is 2. The van der Waals surface area contributed by atoms with E-state index in [1.165, 1.54) is 0 Å². The van der Waals surface area contributed by atoms with E-state index >= 15 is 0 Å². The summed E-state index contributed by atoms with van der Waals surface area (Å²) in [7, 11) is 0. The lowest BCUT2D eigenvalue weighted by molar-refractivity contribution is 0.175. The molecule has 0 aromatic heterocycles. The molecular weight excluding hydrogens is 160 g/mol. The van der Waals surface area contributed by atoms with E-state index in [0.717, 1.165) is 0 Å². The second-order valence-electron chi connectivity index (χ2n) is 3.44. The van der Waals surface area contributed by atoms with Crippen molar-refractivity contribution in [1.29, 1.82) is 0 Å². The monoisotopic (exact) mass is 172 g/mol. The molecule has 11 heavy (non-hydrogen) atoms. The Labute approximate surface area is 70.0 Å². The Bertz CT molecular complexity index is 215. The van der Waals surface area contributed by atoms with Crippen LogP contribution in [-0.2, 0) is 15.3 Å². The lowest BCUT2D eigenvalue weighted by Gasteiger charge is -2.33. The van der Waals surface area contributed by atoms with Crippen molar-refractivity contribution in [3.05, 3.63) is 0 Å². The van der Waals surface area contributed by atoms with Gasteiger partial charge in [0.25, 0.3) is 0 Å². The second-order valence-corrected chi connectivity index (χ2v) is 4.57. The van der Waals surface area contributed by atoms with Crippen molar-refractivity contribution in [3.63, 3.8) is 0 Å². The molecule has 0 radical (unpaired) electrons. The van der Waals surface area contributed by atoms with E-state index in [4.69, 9.17) is 10.6 Å². The van der Waals surface area contributed by atoms with Gasteiger partial charge in [-0.15, -0.1) is 12.3 Å². The minimum absolute atomic E-state index is 0.0438. The molecule has 0 aromatic carbocycles. The normalized spacial score (nSPS) is 36.1. The molecule has 1 saturated heterocycles. The van der Waals surface area contributed by atoms with E-state index in [-0.39, 0.29) is 11.3 Å². The van der Waals surface area contributed by atoms with Gasteiger partial charge in [-0.2, -0.15) is 0 Å². The van der Waals surface area contributed by atoms with Crippen LogP contribution in [0.2, 0.25) is 0 Å². The van der Waals surface area contributed by atoms with E-state index in [1.807, 2.05) is 13.8 Å². The van der Waals surface area contributed by atoms with E-state index in [9.17, 15) is 4.21 Å². The Morgan fingerprint density at radius 3 is 2.82 bits per heavy atom. The standard InChI is InChI=1S/C8H12O2S/c1-4-7-5-10-11(9)6-8(7,2)3/h1,7H,5-6H2,2-3H3. The fourth-order valence-corrected chi connectivity index (χ4v) is 2.27. The summed E-state index contributed by atoms with van der Waals surface area (Å²) in [5.74, 6) is 3.30. The summed E-state index contributed by atoms with van der Waals surface area (Å²) < 4.78 is 15.9. The molecule has 2 nitrogen and oxygen atoms in total. The predicted octanol–water partition coefficient (Wildman–Crippen LogP) is 0.956. The maximum atomic E-state index is 11.0. The molecule has 1 fully saturated rings. The molecule has 1 aliphatic heterocycles. The van der Waals surface area contributed by atoms with Gasteiger partial charge in [-0.25, -0.2) is 4.21 Å². The maximum absolute atomic E-state index is 11.0. The summed E-state index contributed by atoms with van der Waals surface area (Å²) in [6, 6.07) is 0. The Balaban J connectivity index is 2.73. The molecule has 0 aromatic rings. The quantitative estimate of drug-likeness (QED) is 0.509. The predicted molar refractivity (Wildman–Crippen MR) is 45.1 cm³/mol. The van der Waals surface area contributed by atoms with Gasteiger partial charge in [0, 0.05) is 0 Å². The first kappa shape index (κ1) is 8.76. The van der Waals surface area contributed by atoms with Gasteiger partial charge in [0.15, 0.2) is 11.1 Å². The molecule has 1 rings (SSSR count). The summed E-state index contributed by atoms with van der Waals surface area (Å²) in [5, 5.41) is 0. The van der Waals surface area contributed by atoms with E-state index in [1.54, 1.807) is 0 Å². The van der Waals surface area contributed by atoms with Crippen LogP contribution in [0.1, 0.15) is 13.8 Å². The lowest BCUT2D eigenvalue weighted by atomic mass is 9.81. The molecule has 0 spiro atoms. The van der Waals surface area contributed by atoms with Crippen LogP contribution >= 0.6 is 0 Å². The molecule has 2 unspecified atom stereocenters. The molecule has 2 atom stereocenters. The topological polar surface area (TPSA) is 26.3 Å². The van der Waals surface area contributed by atoms with Crippen molar-refractivity contribution in [3.8, 4) is 12.3 Å². The van der Waals surface area contributed by atoms with Gasteiger partial charge >= 0.3 is 0 Å². The van der Waals surface area contributed by atoms with Gasteiger partial charge in [-0.05, 0) is 5.41 Å². The number of hydrogen-bond donors (Lipinski definition) is 0. The Morgan fingerprint density at radius 2 is 2.36 bits per heavy atom. The molecule has 0 aliphatic carbocycles. The summed E-state index contributed by atoms with van der Waals surface area (Å²) >= 11 is -1.13. The summed E-state index contributed by atoms with van der Waals surface area (Å²) in [6.07, 6.45) is 5.30. The van der Waals surface area contributed by atoms with Crippen LogP contribution in [0.3, 0.4) is 0 Å². The SMILES string of the molecule is C#CC1COS(=O)CC1(C)C. The van der Waals surface area contributed by atoms with Crippen molar-refractivity contribution in [2.45, 2.75) is 13.8 Å². The van der Waals surface area contributed by atoms with Gasteiger partial charge < -0.3 is 0 Å². The minimum atomic E-state index is -1.13. The van der Waals surface area contributed by atoms with Crippen molar-refractivity contribution < 1.29 is 8.39 Å². The average Bonchev–Trinajstić information content (AvgIpc) is 1.85. The van der Waals surface area contributed by atoms with Crippen molar-refractivity contribution in [2.75, 3.05) is 12.4 Å². The zero-order valence-corrected chi connectivity index (χ0v) is 7.61. The van der Waals surface area contributed by atoms with Gasteiger partial charge in [0.05, 0.1) is 18.3 Å². The zero-order valence-electron chi connectivity index (χ0n) is 6.79. The molecule has 0 amide bonds. The fraction of sp³-hybridized carbons (Fsp3) is 0.750. The third-order valence-corrected chi connectivity index (χ3v) is 3.38. The first-order valence-corrected chi connectivity index (χ1v) is 4.78. The molecule has 0 saturated carbocycles. The highest BCUT2D eigenvalue weighted by atomic mass is 32.2. The molecular formula is C8H12O2S. The highest BCUT2D eigenvalue weighted by Gasteiger charge is 2.35. The molecule has 0 bridgehead atoms. The first-order chi connectivity index (χ1) is 5.06. The van der Waals surface area contributed by atoms with Crippen molar-refractivity contribution in [2.24, 2.45) is 11.3 Å². The number of rotatable bonds is 0. The van der Waals surface area contributed by atoms with Gasteiger partial charge in [0.1, 0.15) is 0 Å². The van der Waals surface area contributed by atoms with Crippen LogP contribution < -0.4 is 0 Å². The highest BCUT2D eigenvalue weighted by Crippen LogP contribution is 2.31. The minimum Gasteiger partial charge on any atom is -0.289 e. The smallest absolute Gasteiger partial charge is 0.156 e. The van der Waals surface area contributed by atoms with Gasteiger partial charge in [-0.3, -0.25) is 4.18 Å². The second kappa shape index (κ2) is 2.96. The van der Waals surface area contributed by atoms with Crippen LogP contribution in [0, 0.1) is 23.7 Å². The zero-order chi connectivity index (χ0) is 8.48.